The van der Waals surface area contributed by atoms with Gasteiger partial charge >= 0.3 is 12.1 Å². The number of rotatable bonds is 6. The first kappa shape index (κ1) is 19.7. The number of benzene rings is 1. The van der Waals surface area contributed by atoms with Gasteiger partial charge in [-0.15, -0.1) is 0 Å². The van der Waals surface area contributed by atoms with Crippen LogP contribution in [0.1, 0.15) is 11.1 Å². The Hall–Kier alpha value is -1.61. The van der Waals surface area contributed by atoms with Crippen molar-refractivity contribution in [1.82, 2.24) is 4.90 Å². The SMILES string of the molecule is COC(=O)C(C1COC1)N(Cc1ccc(C(F)(F)F)cc1)C(=O)CBr. The molecule has 0 aliphatic carbocycles. The first-order valence-corrected chi connectivity index (χ1v) is 8.57. The molecule has 1 aliphatic rings. The average Bonchev–Trinajstić information content (AvgIpc) is 2.54. The van der Waals surface area contributed by atoms with Gasteiger partial charge in [-0.25, -0.2) is 4.79 Å². The van der Waals surface area contributed by atoms with Crippen LogP contribution < -0.4 is 0 Å². The molecule has 1 fully saturated rings. The molecule has 0 radical (unpaired) electrons. The summed E-state index contributed by atoms with van der Waals surface area (Å²) in [7, 11) is 1.23. The summed E-state index contributed by atoms with van der Waals surface area (Å²) in [5.74, 6) is -1.14. The van der Waals surface area contributed by atoms with E-state index in [-0.39, 0.29) is 23.7 Å². The smallest absolute Gasteiger partial charge is 0.416 e. The van der Waals surface area contributed by atoms with E-state index in [1.165, 1.54) is 24.1 Å². The standard InChI is InChI=1S/C16H17BrF3NO4/c1-24-15(23)14(11-8-25-9-11)21(13(22)6-17)7-10-2-4-12(5-3-10)16(18,19)20/h2-5,11,14H,6-9H2,1H3. The molecule has 0 bridgehead atoms. The van der Waals surface area contributed by atoms with E-state index in [1.807, 2.05) is 0 Å². The van der Waals surface area contributed by atoms with Crippen molar-refractivity contribution in [3.05, 3.63) is 35.4 Å². The molecule has 2 rings (SSSR count). The highest BCUT2D eigenvalue weighted by Crippen LogP contribution is 2.30. The predicted molar refractivity (Wildman–Crippen MR) is 85.9 cm³/mol. The number of carbonyl (C=O) groups excluding carboxylic acids is 2. The van der Waals surface area contributed by atoms with Gasteiger partial charge in [-0.3, -0.25) is 4.79 Å². The number of alkyl halides is 4. The molecule has 0 N–H and O–H groups in total. The van der Waals surface area contributed by atoms with Gasteiger partial charge in [0.15, 0.2) is 0 Å². The molecule has 0 saturated carbocycles. The number of nitrogens with zero attached hydrogens (tertiary/aromatic N) is 1. The van der Waals surface area contributed by atoms with Crippen LogP contribution in [0.3, 0.4) is 0 Å². The van der Waals surface area contributed by atoms with Crippen molar-refractivity contribution in [2.45, 2.75) is 18.8 Å². The molecule has 1 amide bonds. The lowest BCUT2D eigenvalue weighted by Gasteiger charge is -2.39. The zero-order chi connectivity index (χ0) is 18.6. The Bertz CT molecular complexity index is 617. The second-order valence-corrected chi connectivity index (χ2v) is 6.18. The van der Waals surface area contributed by atoms with Gasteiger partial charge in [0.1, 0.15) is 6.04 Å². The maximum Gasteiger partial charge on any atom is 0.416 e. The molecule has 1 aromatic rings. The Labute approximate surface area is 151 Å². The van der Waals surface area contributed by atoms with Crippen LogP contribution in [0.5, 0.6) is 0 Å². The van der Waals surface area contributed by atoms with E-state index in [2.05, 4.69) is 15.9 Å². The number of ether oxygens (including phenoxy) is 2. The average molecular weight is 424 g/mol. The Morgan fingerprint density at radius 2 is 1.92 bits per heavy atom. The highest BCUT2D eigenvalue weighted by Gasteiger charge is 2.41. The fraction of sp³-hybridized carbons (Fsp3) is 0.500. The lowest BCUT2D eigenvalue weighted by atomic mass is 9.95. The number of amides is 1. The molecule has 138 valence electrons. The fourth-order valence-corrected chi connectivity index (χ4v) is 2.87. The Morgan fingerprint density at radius 1 is 1.32 bits per heavy atom. The minimum absolute atomic E-state index is 0.00115. The van der Waals surface area contributed by atoms with Crippen LogP contribution in [-0.2, 0) is 31.8 Å². The van der Waals surface area contributed by atoms with E-state index in [4.69, 9.17) is 9.47 Å². The maximum absolute atomic E-state index is 12.7. The first-order valence-electron chi connectivity index (χ1n) is 7.45. The van der Waals surface area contributed by atoms with Gasteiger partial charge in [0.25, 0.3) is 0 Å². The molecule has 0 aromatic heterocycles. The molecule has 9 heteroatoms. The molecule has 0 spiro atoms. The van der Waals surface area contributed by atoms with Crippen molar-refractivity contribution in [3.63, 3.8) is 0 Å². The number of hydrogen-bond donors (Lipinski definition) is 0. The van der Waals surface area contributed by atoms with Gasteiger partial charge in [-0.2, -0.15) is 13.2 Å². The number of carbonyl (C=O) groups is 2. The summed E-state index contributed by atoms with van der Waals surface area (Å²) in [5, 5.41) is -0.0191. The largest absolute Gasteiger partial charge is 0.467 e. The van der Waals surface area contributed by atoms with Gasteiger partial charge in [0.2, 0.25) is 5.91 Å². The van der Waals surface area contributed by atoms with Crippen LogP contribution in [0.25, 0.3) is 0 Å². The summed E-state index contributed by atoms with van der Waals surface area (Å²) >= 11 is 3.07. The van der Waals surface area contributed by atoms with Crippen molar-refractivity contribution < 1.29 is 32.2 Å². The molecule has 1 unspecified atom stereocenters. The minimum Gasteiger partial charge on any atom is -0.467 e. The zero-order valence-corrected chi connectivity index (χ0v) is 15.0. The predicted octanol–water partition coefficient (Wildman–Crippen LogP) is 2.62. The summed E-state index contributed by atoms with van der Waals surface area (Å²) in [6.07, 6.45) is -4.43. The van der Waals surface area contributed by atoms with Crippen LogP contribution in [0.4, 0.5) is 13.2 Å². The molecule has 1 saturated heterocycles. The normalized spacial score (nSPS) is 16.0. The van der Waals surface area contributed by atoms with Crippen LogP contribution in [0.15, 0.2) is 24.3 Å². The summed E-state index contributed by atoms with van der Waals surface area (Å²) in [6.45, 7) is 0.635. The molecule has 1 atom stereocenters. The lowest BCUT2D eigenvalue weighted by molar-refractivity contribution is -0.164. The van der Waals surface area contributed by atoms with E-state index in [0.717, 1.165) is 12.1 Å². The van der Waals surface area contributed by atoms with Gasteiger partial charge in [0, 0.05) is 12.5 Å². The van der Waals surface area contributed by atoms with Crippen molar-refractivity contribution >= 4 is 27.8 Å². The highest BCUT2D eigenvalue weighted by molar-refractivity contribution is 9.09. The summed E-state index contributed by atoms with van der Waals surface area (Å²) in [4.78, 5) is 25.8. The number of methoxy groups -OCH3 is 1. The fourth-order valence-electron chi connectivity index (χ4n) is 2.55. The summed E-state index contributed by atoms with van der Waals surface area (Å²) < 4.78 is 47.9. The topological polar surface area (TPSA) is 55.8 Å². The van der Waals surface area contributed by atoms with Crippen molar-refractivity contribution in [3.8, 4) is 0 Å². The molecular formula is C16H17BrF3NO4. The van der Waals surface area contributed by atoms with Crippen LogP contribution in [0, 0.1) is 5.92 Å². The minimum atomic E-state index is -4.43. The van der Waals surface area contributed by atoms with Crippen LogP contribution >= 0.6 is 15.9 Å². The Morgan fingerprint density at radius 3 is 2.32 bits per heavy atom. The third-order valence-corrected chi connectivity index (χ3v) is 4.44. The van der Waals surface area contributed by atoms with Crippen molar-refractivity contribution in [2.75, 3.05) is 25.7 Å². The van der Waals surface area contributed by atoms with Gasteiger partial charge in [0.05, 0.1) is 31.2 Å². The quantitative estimate of drug-likeness (QED) is 0.521. The third-order valence-electron chi connectivity index (χ3n) is 3.96. The van der Waals surface area contributed by atoms with Crippen molar-refractivity contribution in [2.24, 2.45) is 5.92 Å². The molecular weight excluding hydrogens is 407 g/mol. The first-order chi connectivity index (χ1) is 11.8. The molecule has 1 heterocycles. The molecule has 5 nitrogen and oxygen atoms in total. The molecule has 1 aromatic carbocycles. The van der Waals surface area contributed by atoms with Gasteiger partial charge in [-0.05, 0) is 17.7 Å². The summed E-state index contributed by atoms with van der Waals surface area (Å²) in [6, 6.07) is 3.65. The third kappa shape index (κ3) is 4.72. The van der Waals surface area contributed by atoms with Crippen LogP contribution in [0.2, 0.25) is 0 Å². The Kier molecular flexibility index (Phi) is 6.45. The summed E-state index contributed by atoms with van der Waals surface area (Å²) in [5.41, 5.74) is -0.289. The van der Waals surface area contributed by atoms with Crippen molar-refractivity contribution in [1.29, 1.82) is 0 Å². The molecule has 25 heavy (non-hydrogen) atoms. The second-order valence-electron chi connectivity index (χ2n) is 5.62. The zero-order valence-electron chi connectivity index (χ0n) is 13.4. The second kappa shape index (κ2) is 8.18. The van der Waals surface area contributed by atoms with E-state index in [0.29, 0.717) is 18.8 Å². The van der Waals surface area contributed by atoms with E-state index < -0.39 is 23.8 Å². The van der Waals surface area contributed by atoms with Gasteiger partial charge < -0.3 is 14.4 Å². The highest BCUT2D eigenvalue weighted by atomic mass is 79.9. The number of halogens is 4. The van der Waals surface area contributed by atoms with Gasteiger partial charge in [-0.1, -0.05) is 28.1 Å². The van der Waals surface area contributed by atoms with E-state index in [9.17, 15) is 22.8 Å². The Balaban J connectivity index is 2.24. The molecule has 1 aliphatic heterocycles. The lowest BCUT2D eigenvalue weighted by Crippen LogP contribution is -2.55. The monoisotopic (exact) mass is 423 g/mol. The number of esters is 1. The maximum atomic E-state index is 12.7. The van der Waals surface area contributed by atoms with Crippen LogP contribution in [-0.4, -0.2) is 48.5 Å². The number of hydrogen-bond acceptors (Lipinski definition) is 4. The van der Waals surface area contributed by atoms with E-state index in [1.54, 1.807) is 0 Å². The van der Waals surface area contributed by atoms with E-state index >= 15 is 0 Å².